The first-order chi connectivity index (χ1) is 9.77. The monoisotopic (exact) mass is 343 g/mol. The van der Waals surface area contributed by atoms with Crippen LogP contribution in [0.2, 0.25) is 0 Å². The average molecular weight is 344 g/mol. The van der Waals surface area contributed by atoms with Crippen molar-refractivity contribution in [3.05, 3.63) is 34.3 Å². The highest BCUT2D eigenvalue weighted by atomic mass is 79.9. The number of nitrogens with one attached hydrogen (secondary N) is 1. The van der Waals surface area contributed by atoms with E-state index >= 15 is 0 Å². The predicted molar refractivity (Wildman–Crippen MR) is 87.4 cm³/mol. The lowest BCUT2D eigenvalue weighted by Gasteiger charge is -2.18. The van der Waals surface area contributed by atoms with Gasteiger partial charge in [0.15, 0.2) is 0 Å². The molecule has 0 aliphatic rings. The molecule has 3 nitrogen and oxygen atoms in total. The summed E-state index contributed by atoms with van der Waals surface area (Å²) >= 11 is 3.48. The van der Waals surface area contributed by atoms with E-state index in [1.807, 2.05) is 0 Å². The maximum Gasteiger partial charge on any atom is 0.0487 e. The van der Waals surface area contributed by atoms with Gasteiger partial charge in [-0.1, -0.05) is 35.0 Å². The smallest absolute Gasteiger partial charge is 0.0487 e. The Kier molecular flexibility index (Phi) is 9.93. The van der Waals surface area contributed by atoms with Gasteiger partial charge in [0.1, 0.15) is 0 Å². The zero-order chi connectivity index (χ0) is 14.6. The number of methoxy groups -OCH3 is 1. The van der Waals surface area contributed by atoms with Crippen molar-refractivity contribution in [1.29, 1.82) is 0 Å². The Morgan fingerprint density at radius 2 is 1.90 bits per heavy atom. The van der Waals surface area contributed by atoms with Crippen molar-refractivity contribution in [2.45, 2.75) is 25.7 Å². The van der Waals surface area contributed by atoms with Crippen molar-refractivity contribution in [2.75, 3.05) is 40.0 Å². The van der Waals surface area contributed by atoms with E-state index < -0.39 is 0 Å². The van der Waals surface area contributed by atoms with E-state index in [2.05, 4.69) is 52.4 Å². The number of ether oxygens (including phenoxy) is 2. The molecule has 114 valence electrons. The summed E-state index contributed by atoms with van der Waals surface area (Å²) in [5.74, 6) is 0.505. The third kappa shape index (κ3) is 7.39. The molecule has 0 aromatic heterocycles. The molecule has 1 rings (SSSR count). The molecule has 20 heavy (non-hydrogen) atoms. The van der Waals surface area contributed by atoms with Crippen LogP contribution in [-0.2, 0) is 9.47 Å². The second-order valence-electron chi connectivity index (χ2n) is 4.80. The molecule has 0 aliphatic heterocycles. The first-order valence-corrected chi connectivity index (χ1v) is 8.10. The second-order valence-corrected chi connectivity index (χ2v) is 5.72. The summed E-state index contributed by atoms with van der Waals surface area (Å²) in [5.41, 5.74) is 1.37. The van der Waals surface area contributed by atoms with Crippen molar-refractivity contribution in [1.82, 2.24) is 5.32 Å². The minimum absolute atomic E-state index is 0.505. The van der Waals surface area contributed by atoms with Gasteiger partial charge in [-0.3, -0.25) is 0 Å². The van der Waals surface area contributed by atoms with E-state index in [0.29, 0.717) is 5.92 Å². The molecule has 1 unspecified atom stereocenters. The number of halogens is 1. The van der Waals surface area contributed by atoms with Crippen LogP contribution >= 0.6 is 15.9 Å². The largest absolute Gasteiger partial charge is 0.385 e. The van der Waals surface area contributed by atoms with Crippen LogP contribution in [0.1, 0.15) is 31.2 Å². The molecular weight excluding hydrogens is 318 g/mol. The summed E-state index contributed by atoms with van der Waals surface area (Å²) in [6.07, 6.45) is 2.01. The number of benzene rings is 1. The van der Waals surface area contributed by atoms with E-state index in [1.165, 1.54) is 5.56 Å². The van der Waals surface area contributed by atoms with Crippen molar-refractivity contribution in [3.63, 3.8) is 0 Å². The molecule has 0 saturated carbocycles. The summed E-state index contributed by atoms with van der Waals surface area (Å²) in [6, 6.07) is 8.59. The summed E-state index contributed by atoms with van der Waals surface area (Å²) in [6.45, 7) is 6.49. The highest BCUT2D eigenvalue weighted by Gasteiger charge is 2.11. The van der Waals surface area contributed by atoms with Crippen LogP contribution in [0.5, 0.6) is 0 Å². The fraction of sp³-hybridized carbons (Fsp3) is 0.625. The standard InChI is InChI=1S/C16H26BrNO2/c1-3-18-13-15(9-12-20-11-4-10-19-2)14-5-7-16(17)8-6-14/h5-8,15,18H,3-4,9-13H2,1-2H3. The number of likely N-dealkylation sites (N-methyl/N-ethyl adjacent to an activating group) is 1. The SMILES string of the molecule is CCNCC(CCOCCCOC)c1ccc(Br)cc1. The van der Waals surface area contributed by atoms with E-state index in [9.17, 15) is 0 Å². The second kappa shape index (κ2) is 11.3. The molecule has 1 aromatic carbocycles. The van der Waals surface area contributed by atoms with Gasteiger partial charge < -0.3 is 14.8 Å². The van der Waals surface area contributed by atoms with Crippen LogP contribution < -0.4 is 5.32 Å². The number of rotatable bonds is 11. The minimum Gasteiger partial charge on any atom is -0.385 e. The topological polar surface area (TPSA) is 30.5 Å². The maximum absolute atomic E-state index is 5.67. The van der Waals surface area contributed by atoms with Gasteiger partial charge >= 0.3 is 0 Å². The van der Waals surface area contributed by atoms with Gasteiger partial charge in [0.2, 0.25) is 0 Å². The van der Waals surface area contributed by atoms with Crippen LogP contribution in [0.4, 0.5) is 0 Å². The minimum atomic E-state index is 0.505. The lowest BCUT2D eigenvalue weighted by molar-refractivity contribution is 0.0980. The molecule has 0 amide bonds. The van der Waals surface area contributed by atoms with Gasteiger partial charge in [-0.25, -0.2) is 0 Å². The van der Waals surface area contributed by atoms with Gasteiger partial charge in [0.25, 0.3) is 0 Å². The van der Waals surface area contributed by atoms with E-state index in [1.54, 1.807) is 7.11 Å². The molecule has 0 radical (unpaired) electrons. The average Bonchev–Trinajstić information content (AvgIpc) is 2.47. The van der Waals surface area contributed by atoms with Gasteiger partial charge in [-0.2, -0.15) is 0 Å². The summed E-state index contributed by atoms with van der Waals surface area (Å²) in [5, 5.41) is 3.44. The van der Waals surface area contributed by atoms with Crippen molar-refractivity contribution < 1.29 is 9.47 Å². The Morgan fingerprint density at radius 1 is 1.15 bits per heavy atom. The van der Waals surface area contributed by atoms with E-state index in [0.717, 1.165) is 50.2 Å². The Balaban J connectivity index is 2.37. The van der Waals surface area contributed by atoms with Crippen LogP contribution in [-0.4, -0.2) is 40.0 Å². The van der Waals surface area contributed by atoms with Gasteiger partial charge in [0, 0.05) is 37.9 Å². The summed E-state index contributed by atoms with van der Waals surface area (Å²) < 4.78 is 11.8. The van der Waals surface area contributed by atoms with Crippen molar-refractivity contribution in [3.8, 4) is 0 Å². The van der Waals surface area contributed by atoms with Crippen LogP contribution in [0.3, 0.4) is 0 Å². The lowest BCUT2D eigenvalue weighted by atomic mass is 9.96. The molecule has 0 spiro atoms. The quantitative estimate of drug-likeness (QED) is 0.623. The van der Waals surface area contributed by atoms with Gasteiger partial charge in [-0.15, -0.1) is 0 Å². The van der Waals surface area contributed by atoms with E-state index in [-0.39, 0.29) is 0 Å². The van der Waals surface area contributed by atoms with Gasteiger partial charge in [-0.05, 0) is 43.0 Å². The molecule has 0 heterocycles. The van der Waals surface area contributed by atoms with Crippen molar-refractivity contribution in [2.24, 2.45) is 0 Å². The molecule has 1 atom stereocenters. The maximum atomic E-state index is 5.67. The summed E-state index contributed by atoms with van der Waals surface area (Å²) in [4.78, 5) is 0. The molecule has 1 N–H and O–H groups in total. The third-order valence-corrected chi connectivity index (χ3v) is 3.76. The Hall–Kier alpha value is -0.420. The van der Waals surface area contributed by atoms with Crippen molar-refractivity contribution >= 4 is 15.9 Å². The van der Waals surface area contributed by atoms with Gasteiger partial charge in [0.05, 0.1) is 0 Å². The molecule has 1 aromatic rings. The third-order valence-electron chi connectivity index (χ3n) is 3.23. The van der Waals surface area contributed by atoms with E-state index in [4.69, 9.17) is 9.47 Å². The first-order valence-electron chi connectivity index (χ1n) is 7.30. The fourth-order valence-corrected chi connectivity index (χ4v) is 2.34. The first kappa shape index (κ1) is 17.6. The molecule has 0 saturated heterocycles. The Labute approximate surface area is 131 Å². The lowest BCUT2D eigenvalue weighted by Crippen LogP contribution is -2.22. The Bertz CT molecular complexity index is 343. The fourth-order valence-electron chi connectivity index (χ4n) is 2.07. The molecule has 0 bridgehead atoms. The van der Waals surface area contributed by atoms with Crippen LogP contribution in [0.25, 0.3) is 0 Å². The number of hydrogen-bond acceptors (Lipinski definition) is 3. The molecular formula is C16H26BrNO2. The molecule has 4 heteroatoms. The van der Waals surface area contributed by atoms with Crippen LogP contribution in [0, 0.1) is 0 Å². The highest BCUT2D eigenvalue weighted by molar-refractivity contribution is 9.10. The number of hydrogen-bond donors (Lipinski definition) is 1. The Morgan fingerprint density at radius 3 is 2.55 bits per heavy atom. The predicted octanol–water partition coefficient (Wildman–Crippen LogP) is 3.59. The highest BCUT2D eigenvalue weighted by Crippen LogP contribution is 2.21. The zero-order valence-corrected chi connectivity index (χ0v) is 14.1. The normalized spacial score (nSPS) is 12.6. The molecule has 0 aliphatic carbocycles. The molecule has 0 fully saturated rings. The van der Waals surface area contributed by atoms with Crippen LogP contribution in [0.15, 0.2) is 28.7 Å². The summed E-state index contributed by atoms with van der Waals surface area (Å²) in [7, 11) is 1.72. The zero-order valence-electron chi connectivity index (χ0n) is 12.5.